The molecule has 4 aromatic rings. The topological polar surface area (TPSA) is 34.0 Å². The van der Waals surface area contributed by atoms with Crippen LogP contribution in [0.1, 0.15) is 11.1 Å². The number of nitrogens with zero attached hydrogens (tertiary/aromatic N) is 1. The number of amides is 1. The number of rotatable bonds is 6. The predicted octanol–water partition coefficient (Wildman–Crippen LogP) is 5.87. The third kappa shape index (κ3) is 4.69. The van der Waals surface area contributed by atoms with E-state index in [4.69, 9.17) is 0 Å². The summed E-state index contributed by atoms with van der Waals surface area (Å²) in [6, 6.07) is 22.5. The molecule has 1 amide bonds. The Morgan fingerprint density at radius 3 is 2.62 bits per heavy atom. The number of thioether (sulfide) groups is 1. The second kappa shape index (κ2) is 8.53. The van der Waals surface area contributed by atoms with E-state index in [0.29, 0.717) is 12.3 Å². The first kappa shape index (κ1) is 19.3. The highest BCUT2D eigenvalue weighted by Crippen LogP contribution is 2.30. The molecule has 0 aliphatic heterocycles. The second-order valence-electron chi connectivity index (χ2n) is 6.97. The molecule has 0 saturated carbocycles. The van der Waals surface area contributed by atoms with Crippen molar-refractivity contribution in [2.75, 3.05) is 11.1 Å². The van der Waals surface area contributed by atoms with E-state index in [2.05, 4.69) is 28.2 Å². The normalized spacial score (nSPS) is 11.0. The lowest BCUT2D eigenvalue weighted by molar-refractivity contribution is -0.113. The summed E-state index contributed by atoms with van der Waals surface area (Å²) in [7, 11) is 0. The van der Waals surface area contributed by atoms with E-state index in [9.17, 15) is 9.18 Å². The van der Waals surface area contributed by atoms with E-state index < -0.39 is 0 Å². The minimum absolute atomic E-state index is 0.0315. The van der Waals surface area contributed by atoms with Gasteiger partial charge in [0.25, 0.3) is 0 Å². The molecule has 0 radical (unpaired) electrons. The van der Waals surface area contributed by atoms with Gasteiger partial charge in [-0.1, -0.05) is 42.5 Å². The second-order valence-corrected chi connectivity index (χ2v) is 7.99. The molecule has 5 heteroatoms. The Hall–Kier alpha value is -3.05. The summed E-state index contributed by atoms with van der Waals surface area (Å²) < 4.78 is 15.3. The quantitative estimate of drug-likeness (QED) is 0.408. The van der Waals surface area contributed by atoms with E-state index in [0.717, 1.165) is 32.6 Å². The monoisotopic (exact) mass is 404 g/mol. The van der Waals surface area contributed by atoms with Crippen molar-refractivity contribution in [3.8, 4) is 0 Å². The van der Waals surface area contributed by atoms with Gasteiger partial charge in [-0.15, -0.1) is 11.8 Å². The molecule has 1 heterocycles. The Morgan fingerprint density at radius 1 is 1.03 bits per heavy atom. The molecule has 0 bridgehead atoms. The number of carbonyl (C=O) groups excluding carboxylic acids is 1. The average Bonchev–Trinajstić information content (AvgIpc) is 3.06. The lowest BCUT2D eigenvalue weighted by atomic mass is 10.2. The zero-order valence-corrected chi connectivity index (χ0v) is 16.9. The summed E-state index contributed by atoms with van der Waals surface area (Å²) in [4.78, 5) is 13.4. The van der Waals surface area contributed by atoms with Crippen molar-refractivity contribution in [1.29, 1.82) is 0 Å². The Labute approximate surface area is 173 Å². The van der Waals surface area contributed by atoms with Gasteiger partial charge < -0.3 is 9.88 Å². The van der Waals surface area contributed by atoms with Crippen LogP contribution in [-0.4, -0.2) is 16.2 Å². The predicted molar refractivity (Wildman–Crippen MR) is 118 cm³/mol. The summed E-state index contributed by atoms with van der Waals surface area (Å²) in [5, 5.41) is 4.06. The van der Waals surface area contributed by atoms with Crippen LogP contribution in [0.3, 0.4) is 0 Å². The van der Waals surface area contributed by atoms with Crippen LogP contribution in [-0.2, 0) is 11.3 Å². The van der Waals surface area contributed by atoms with Crippen LogP contribution in [0.15, 0.2) is 83.9 Å². The van der Waals surface area contributed by atoms with Gasteiger partial charge in [-0.05, 0) is 48.4 Å². The Balaban J connectivity index is 1.50. The summed E-state index contributed by atoms with van der Waals surface area (Å²) in [6.45, 7) is 2.65. The van der Waals surface area contributed by atoms with Crippen LogP contribution >= 0.6 is 11.8 Å². The van der Waals surface area contributed by atoms with E-state index >= 15 is 0 Å². The molecule has 0 aliphatic carbocycles. The molecule has 1 aromatic heterocycles. The van der Waals surface area contributed by atoms with Gasteiger partial charge in [0.15, 0.2) is 0 Å². The van der Waals surface area contributed by atoms with E-state index in [1.165, 1.54) is 23.9 Å². The van der Waals surface area contributed by atoms with Crippen LogP contribution in [0.5, 0.6) is 0 Å². The van der Waals surface area contributed by atoms with Gasteiger partial charge in [0.05, 0.1) is 5.75 Å². The zero-order valence-electron chi connectivity index (χ0n) is 16.1. The van der Waals surface area contributed by atoms with Crippen molar-refractivity contribution in [3.63, 3.8) is 0 Å². The third-order valence-electron chi connectivity index (χ3n) is 4.68. The first-order chi connectivity index (χ1) is 14.1. The van der Waals surface area contributed by atoms with Crippen LogP contribution < -0.4 is 5.32 Å². The number of nitrogens with one attached hydrogen (secondary N) is 1. The number of aryl methyl sites for hydroxylation is 1. The molecule has 1 N–H and O–H groups in total. The maximum atomic E-state index is 13.2. The van der Waals surface area contributed by atoms with Crippen molar-refractivity contribution in [1.82, 2.24) is 4.57 Å². The van der Waals surface area contributed by atoms with Crippen LogP contribution in [0.2, 0.25) is 0 Å². The number of anilines is 1. The first-order valence-corrected chi connectivity index (χ1v) is 10.4. The first-order valence-electron chi connectivity index (χ1n) is 9.40. The molecule has 3 aromatic carbocycles. The van der Waals surface area contributed by atoms with Crippen molar-refractivity contribution < 1.29 is 9.18 Å². The standard InChI is InChI=1S/C24H21FN2OS/c1-17-5-4-6-20(13-17)26-24(28)16-29-23-15-27(22-8-3-2-7-21(22)23)14-18-9-11-19(25)12-10-18/h2-13,15H,14,16H2,1H3,(H,26,28). The Morgan fingerprint density at radius 2 is 1.83 bits per heavy atom. The summed E-state index contributed by atoms with van der Waals surface area (Å²) in [5.74, 6) is 0.0661. The lowest BCUT2D eigenvalue weighted by Crippen LogP contribution is -2.13. The molecular formula is C24H21FN2OS. The van der Waals surface area contributed by atoms with Gasteiger partial charge in [-0.3, -0.25) is 4.79 Å². The summed E-state index contributed by atoms with van der Waals surface area (Å²) >= 11 is 1.52. The fourth-order valence-corrected chi connectivity index (χ4v) is 4.20. The summed E-state index contributed by atoms with van der Waals surface area (Å²) in [5.41, 5.74) is 4.05. The highest BCUT2D eigenvalue weighted by molar-refractivity contribution is 8.00. The number of hydrogen-bond donors (Lipinski definition) is 1. The zero-order chi connectivity index (χ0) is 20.2. The average molecular weight is 405 g/mol. The number of fused-ring (bicyclic) bond motifs is 1. The minimum Gasteiger partial charge on any atom is -0.342 e. The van der Waals surface area contributed by atoms with Crippen molar-refractivity contribution >= 4 is 34.3 Å². The molecule has 3 nitrogen and oxygen atoms in total. The summed E-state index contributed by atoms with van der Waals surface area (Å²) in [6.07, 6.45) is 2.07. The minimum atomic E-state index is -0.234. The van der Waals surface area contributed by atoms with E-state index in [1.807, 2.05) is 43.3 Å². The highest BCUT2D eigenvalue weighted by atomic mass is 32.2. The molecule has 0 atom stereocenters. The molecule has 0 unspecified atom stereocenters. The van der Waals surface area contributed by atoms with Crippen molar-refractivity contribution in [2.24, 2.45) is 0 Å². The number of para-hydroxylation sites is 1. The highest BCUT2D eigenvalue weighted by Gasteiger charge is 2.11. The smallest absolute Gasteiger partial charge is 0.234 e. The molecule has 0 aliphatic rings. The number of halogens is 1. The van der Waals surface area contributed by atoms with E-state index in [-0.39, 0.29) is 11.7 Å². The molecule has 146 valence electrons. The fraction of sp³-hybridized carbons (Fsp3) is 0.125. The number of aromatic nitrogens is 1. The van der Waals surface area contributed by atoms with Gasteiger partial charge in [0.2, 0.25) is 5.91 Å². The van der Waals surface area contributed by atoms with Crippen molar-refractivity contribution in [2.45, 2.75) is 18.4 Å². The van der Waals surface area contributed by atoms with Gasteiger partial charge in [-0.25, -0.2) is 4.39 Å². The van der Waals surface area contributed by atoms with Crippen LogP contribution in [0.4, 0.5) is 10.1 Å². The van der Waals surface area contributed by atoms with E-state index in [1.54, 1.807) is 12.1 Å². The molecule has 4 rings (SSSR count). The van der Waals surface area contributed by atoms with Gasteiger partial charge in [0.1, 0.15) is 5.82 Å². The number of carbonyl (C=O) groups is 1. The largest absolute Gasteiger partial charge is 0.342 e. The SMILES string of the molecule is Cc1cccc(NC(=O)CSc2cn(Cc3ccc(F)cc3)c3ccccc23)c1. The number of hydrogen-bond acceptors (Lipinski definition) is 2. The van der Waals surface area contributed by atoms with Crippen molar-refractivity contribution in [3.05, 3.63) is 95.9 Å². The lowest BCUT2D eigenvalue weighted by Gasteiger charge is -2.06. The van der Waals surface area contributed by atoms with Gasteiger partial charge >= 0.3 is 0 Å². The Bertz CT molecular complexity index is 1150. The van der Waals surface area contributed by atoms with Crippen LogP contribution in [0.25, 0.3) is 10.9 Å². The maximum Gasteiger partial charge on any atom is 0.234 e. The molecule has 0 saturated heterocycles. The molecule has 29 heavy (non-hydrogen) atoms. The molecular weight excluding hydrogens is 383 g/mol. The third-order valence-corrected chi connectivity index (χ3v) is 5.72. The maximum absolute atomic E-state index is 13.2. The van der Waals surface area contributed by atoms with Gasteiger partial charge in [-0.2, -0.15) is 0 Å². The number of benzene rings is 3. The molecule has 0 fully saturated rings. The Kier molecular flexibility index (Phi) is 5.67. The van der Waals surface area contributed by atoms with Crippen LogP contribution in [0, 0.1) is 12.7 Å². The van der Waals surface area contributed by atoms with Gasteiger partial charge in [0, 0.05) is 34.2 Å². The molecule has 0 spiro atoms. The fourth-order valence-electron chi connectivity index (χ4n) is 3.31.